The predicted molar refractivity (Wildman–Crippen MR) is 68.8 cm³/mol. The number of amides is 1. The van der Waals surface area contributed by atoms with Crippen LogP contribution in [0.3, 0.4) is 0 Å². The topological polar surface area (TPSA) is 41.1 Å². The lowest BCUT2D eigenvalue weighted by atomic mass is 10.1. The molecule has 0 radical (unpaired) electrons. The highest BCUT2D eigenvalue weighted by Crippen LogP contribution is 2.07. The zero-order valence-electron chi connectivity index (χ0n) is 10.1. The Balaban J connectivity index is 1.64. The number of hydrogen-bond donors (Lipinski definition) is 2. The monoisotopic (exact) mass is 232 g/mol. The van der Waals surface area contributed by atoms with Gasteiger partial charge in [-0.1, -0.05) is 30.3 Å². The number of carbonyl (C=O) groups excluding carboxylic acids is 1. The van der Waals surface area contributed by atoms with Gasteiger partial charge in [-0.3, -0.25) is 4.79 Å². The summed E-state index contributed by atoms with van der Waals surface area (Å²) in [6.45, 7) is 1.91. The molecule has 3 heteroatoms. The molecule has 2 rings (SSSR count). The third kappa shape index (κ3) is 4.19. The molecule has 1 aromatic carbocycles. The van der Waals surface area contributed by atoms with Crippen LogP contribution in [-0.4, -0.2) is 25.0 Å². The van der Waals surface area contributed by atoms with Crippen LogP contribution in [0.4, 0.5) is 0 Å². The van der Waals surface area contributed by atoms with Crippen LogP contribution >= 0.6 is 0 Å². The first-order valence-corrected chi connectivity index (χ1v) is 6.38. The lowest BCUT2D eigenvalue weighted by Crippen LogP contribution is -2.31. The quantitative estimate of drug-likeness (QED) is 0.807. The van der Waals surface area contributed by atoms with Gasteiger partial charge in [0, 0.05) is 12.6 Å². The Labute approximate surface area is 103 Å². The fraction of sp³-hybridized carbons (Fsp3) is 0.500. The van der Waals surface area contributed by atoms with Gasteiger partial charge in [0.2, 0.25) is 5.91 Å². The highest BCUT2D eigenvalue weighted by Gasteiger charge is 2.13. The Bertz CT molecular complexity index is 344. The van der Waals surface area contributed by atoms with E-state index in [0.717, 1.165) is 25.1 Å². The zero-order valence-corrected chi connectivity index (χ0v) is 10.1. The molecule has 1 aromatic rings. The Hall–Kier alpha value is -1.35. The van der Waals surface area contributed by atoms with Crippen molar-refractivity contribution >= 4 is 5.91 Å². The van der Waals surface area contributed by atoms with E-state index in [1.54, 1.807) is 0 Å². The summed E-state index contributed by atoms with van der Waals surface area (Å²) in [5, 5.41) is 6.41. The van der Waals surface area contributed by atoms with E-state index in [-0.39, 0.29) is 5.91 Å². The Morgan fingerprint density at radius 2 is 2.18 bits per heavy atom. The molecule has 92 valence electrons. The van der Waals surface area contributed by atoms with Crippen molar-refractivity contribution < 1.29 is 4.79 Å². The lowest BCUT2D eigenvalue weighted by Gasteiger charge is -2.10. The minimum Gasteiger partial charge on any atom is -0.356 e. The summed E-state index contributed by atoms with van der Waals surface area (Å²) in [7, 11) is 0. The Morgan fingerprint density at radius 3 is 2.88 bits per heavy atom. The molecule has 1 aliphatic rings. The van der Waals surface area contributed by atoms with Gasteiger partial charge < -0.3 is 10.6 Å². The van der Waals surface area contributed by atoms with Crippen LogP contribution in [0.2, 0.25) is 0 Å². The van der Waals surface area contributed by atoms with Crippen molar-refractivity contribution in [3.05, 3.63) is 35.9 Å². The number of hydrogen-bond acceptors (Lipinski definition) is 2. The van der Waals surface area contributed by atoms with E-state index in [1.807, 2.05) is 30.3 Å². The van der Waals surface area contributed by atoms with Gasteiger partial charge in [0.1, 0.15) is 0 Å². The molecular formula is C14H20N2O. The van der Waals surface area contributed by atoms with E-state index in [2.05, 4.69) is 10.6 Å². The molecule has 0 aliphatic carbocycles. The molecule has 1 atom stereocenters. The van der Waals surface area contributed by atoms with Gasteiger partial charge in [-0.25, -0.2) is 0 Å². The zero-order chi connectivity index (χ0) is 11.9. The number of nitrogens with one attached hydrogen (secondary N) is 2. The van der Waals surface area contributed by atoms with Crippen LogP contribution in [-0.2, 0) is 11.2 Å². The minimum atomic E-state index is 0.120. The first kappa shape index (κ1) is 12.1. The van der Waals surface area contributed by atoms with Crippen molar-refractivity contribution in [2.45, 2.75) is 31.7 Å². The normalized spacial score (nSPS) is 19.2. The van der Waals surface area contributed by atoms with Crippen molar-refractivity contribution in [3.63, 3.8) is 0 Å². The summed E-state index contributed by atoms with van der Waals surface area (Å²) >= 11 is 0. The maximum absolute atomic E-state index is 11.7. The maximum Gasteiger partial charge on any atom is 0.224 e. The first-order valence-electron chi connectivity index (χ1n) is 6.38. The number of carbonyl (C=O) groups is 1. The summed E-state index contributed by atoms with van der Waals surface area (Å²) in [6.07, 6.45) is 4.04. The molecule has 3 nitrogen and oxygen atoms in total. The van der Waals surface area contributed by atoms with Crippen LogP contribution in [0, 0.1) is 0 Å². The molecule has 0 spiro atoms. The van der Waals surface area contributed by atoms with Gasteiger partial charge in [0.25, 0.3) is 0 Å². The third-order valence-corrected chi connectivity index (χ3v) is 3.18. The van der Waals surface area contributed by atoms with Crippen molar-refractivity contribution in [1.29, 1.82) is 0 Å². The summed E-state index contributed by atoms with van der Waals surface area (Å²) in [6, 6.07) is 10.5. The average molecular weight is 232 g/mol. The van der Waals surface area contributed by atoms with E-state index < -0.39 is 0 Å². The summed E-state index contributed by atoms with van der Waals surface area (Å²) in [4.78, 5) is 11.7. The van der Waals surface area contributed by atoms with E-state index >= 15 is 0 Å². The molecule has 1 fully saturated rings. The minimum absolute atomic E-state index is 0.120. The lowest BCUT2D eigenvalue weighted by molar-refractivity contribution is -0.120. The highest BCUT2D eigenvalue weighted by molar-refractivity contribution is 5.78. The van der Waals surface area contributed by atoms with Gasteiger partial charge in [-0.05, 0) is 31.4 Å². The van der Waals surface area contributed by atoms with E-state index in [9.17, 15) is 4.79 Å². The second-order valence-corrected chi connectivity index (χ2v) is 4.59. The van der Waals surface area contributed by atoms with E-state index in [0.29, 0.717) is 12.5 Å². The molecule has 0 bridgehead atoms. The average Bonchev–Trinajstić information content (AvgIpc) is 2.83. The van der Waals surface area contributed by atoms with Crippen molar-refractivity contribution in [1.82, 2.24) is 10.6 Å². The summed E-state index contributed by atoms with van der Waals surface area (Å²) in [5.41, 5.74) is 1.07. The van der Waals surface area contributed by atoms with Gasteiger partial charge in [-0.2, -0.15) is 0 Å². The molecule has 0 aromatic heterocycles. The van der Waals surface area contributed by atoms with Gasteiger partial charge >= 0.3 is 0 Å². The van der Waals surface area contributed by atoms with Crippen molar-refractivity contribution in [2.24, 2.45) is 0 Å². The fourth-order valence-electron chi connectivity index (χ4n) is 2.23. The highest BCUT2D eigenvalue weighted by atomic mass is 16.1. The van der Waals surface area contributed by atoms with E-state index in [4.69, 9.17) is 0 Å². The summed E-state index contributed by atoms with van der Waals surface area (Å²) in [5.74, 6) is 0.120. The molecule has 1 aliphatic heterocycles. The second kappa shape index (κ2) is 6.40. The SMILES string of the molecule is O=C(Cc1ccccc1)NCC[C@@H]1CCCN1. The molecule has 2 N–H and O–H groups in total. The van der Waals surface area contributed by atoms with Crippen LogP contribution in [0.1, 0.15) is 24.8 Å². The Morgan fingerprint density at radius 1 is 1.35 bits per heavy atom. The molecule has 1 amide bonds. The van der Waals surface area contributed by atoms with Crippen molar-refractivity contribution in [2.75, 3.05) is 13.1 Å². The Kier molecular flexibility index (Phi) is 4.56. The smallest absolute Gasteiger partial charge is 0.224 e. The predicted octanol–water partition coefficient (Wildman–Crippen LogP) is 1.49. The molecule has 0 unspecified atom stereocenters. The maximum atomic E-state index is 11.7. The number of rotatable bonds is 5. The second-order valence-electron chi connectivity index (χ2n) is 4.59. The van der Waals surface area contributed by atoms with Gasteiger partial charge in [-0.15, -0.1) is 0 Å². The standard InChI is InChI=1S/C14H20N2O/c17-14(11-12-5-2-1-3-6-12)16-10-8-13-7-4-9-15-13/h1-3,5-6,13,15H,4,7-11H2,(H,16,17)/t13-/m0/s1. The van der Waals surface area contributed by atoms with E-state index in [1.165, 1.54) is 12.8 Å². The first-order chi connectivity index (χ1) is 8.34. The molecule has 17 heavy (non-hydrogen) atoms. The largest absolute Gasteiger partial charge is 0.356 e. The number of benzene rings is 1. The molecule has 1 heterocycles. The van der Waals surface area contributed by atoms with Crippen LogP contribution in [0.15, 0.2) is 30.3 Å². The fourth-order valence-corrected chi connectivity index (χ4v) is 2.23. The van der Waals surface area contributed by atoms with Crippen LogP contribution < -0.4 is 10.6 Å². The molecule has 0 saturated carbocycles. The van der Waals surface area contributed by atoms with Gasteiger partial charge in [0.05, 0.1) is 6.42 Å². The third-order valence-electron chi connectivity index (χ3n) is 3.18. The molecular weight excluding hydrogens is 212 g/mol. The molecule has 1 saturated heterocycles. The van der Waals surface area contributed by atoms with Crippen molar-refractivity contribution in [3.8, 4) is 0 Å². The van der Waals surface area contributed by atoms with Crippen LogP contribution in [0.5, 0.6) is 0 Å². The van der Waals surface area contributed by atoms with Crippen LogP contribution in [0.25, 0.3) is 0 Å². The van der Waals surface area contributed by atoms with Gasteiger partial charge in [0.15, 0.2) is 0 Å². The summed E-state index contributed by atoms with van der Waals surface area (Å²) < 4.78 is 0.